The van der Waals surface area contributed by atoms with Gasteiger partial charge in [-0.15, -0.1) is 11.3 Å². The highest BCUT2D eigenvalue weighted by Crippen LogP contribution is 2.23. The van der Waals surface area contributed by atoms with Crippen LogP contribution >= 0.6 is 22.9 Å². The number of rotatable bonds is 1. The quantitative estimate of drug-likeness (QED) is 0.588. The van der Waals surface area contributed by atoms with E-state index in [1.165, 1.54) is 11.3 Å². The Bertz CT molecular complexity index is 225. The van der Waals surface area contributed by atoms with Gasteiger partial charge in [0, 0.05) is 0 Å². The van der Waals surface area contributed by atoms with Crippen LogP contribution in [0.2, 0.25) is 4.34 Å². The van der Waals surface area contributed by atoms with E-state index >= 15 is 0 Å². The van der Waals surface area contributed by atoms with E-state index in [0.717, 1.165) is 15.5 Å². The molecule has 0 radical (unpaired) electrons. The van der Waals surface area contributed by atoms with Crippen molar-refractivity contribution >= 4 is 28.5 Å². The lowest BCUT2D eigenvalue weighted by atomic mass is 10.2. The normalized spacial score (nSPS) is 9.56. The van der Waals surface area contributed by atoms with Crippen molar-refractivity contribution in [1.82, 2.24) is 0 Å². The van der Waals surface area contributed by atoms with Crippen LogP contribution in [0.15, 0.2) is 18.0 Å². The first-order chi connectivity index (χ1) is 4.20. The van der Waals surface area contributed by atoms with Crippen LogP contribution in [-0.2, 0) is 0 Å². The maximum atomic E-state index is 5.68. The van der Waals surface area contributed by atoms with Gasteiger partial charge in [-0.3, -0.25) is 0 Å². The molecule has 1 aromatic heterocycles. The Balaban J connectivity index is 2.98. The molecule has 0 aliphatic heterocycles. The lowest BCUT2D eigenvalue weighted by Gasteiger charge is -1.87. The van der Waals surface area contributed by atoms with Gasteiger partial charge in [0.05, 0.1) is 4.34 Å². The second-order valence-electron chi connectivity index (χ2n) is 1.92. The van der Waals surface area contributed by atoms with Gasteiger partial charge in [0.2, 0.25) is 0 Å². The smallest absolute Gasteiger partial charge is 0.0934 e. The first kappa shape index (κ1) is 6.84. The molecule has 0 spiro atoms. The zero-order valence-corrected chi connectivity index (χ0v) is 6.72. The van der Waals surface area contributed by atoms with Gasteiger partial charge >= 0.3 is 0 Å². The van der Waals surface area contributed by atoms with Crippen LogP contribution in [0.25, 0.3) is 5.57 Å². The van der Waals surface area contributed by atoms with E-state index in [0.29, 0.717) is 0 Å². The molecule has 2 heteroatoms. The van der Waals surface area contributed by atoms with Gasteiger partial charge in [0.25, 0.3) is 0 Å². The van der Waals surface area contributed by atoms with Gasteiger partial charge in [0.15, 0.2) is 0 Å². The van der Waals surface area contributed by atoms with E-state index < -0.39 is 0 Å². The number of allylic oxidation sites excluding steroid dienone is 1. The molecule has 0 unspecified atom stereocenters. The second-order valence-corrected chi connectivity index (χ2v) is 3.46. The molecular formula is C7H7ClS. The summed E-state index contributed by atoms with van der Waals surface area (Å²) in [5.41, 5.74) is 2.21. The lowest BCUT2D eigenvalue weighted by Crippen LogP contribution is -1.65. The van der Waals surface area contributed by atoms with Crippen LogP contribution in [0.5, 0.6) is 0 Å². The van der Waals surface area contributed by atoms with Crippen LogP contribution in [0, 0.1) is 0 Å². The monoisotopic (exact) mass is 158 g/mol. The molecule has 0 nitrogen and oxygen atoms in total. The Morgan fingerprint density at radius 1 is 1.78 bits per heavy atom. The van der Waals surface area contributed by atoms with Gasteiger partial charge in [0.1, 0.15) is 0 Å². The zero-order chi connectivity index (χ0) is 6.85. The van der Waals surface area contributed by atoms with Crippen molar-refractivity contribution in [3.63, 3.8) is 0 Å². The van der Waals surface area contributed by atoms with E-state index in [-0.39, 0.29) is 0 Å². The number of thiophene rings is 1. The Hall–Kier alpha value is -0.270. The minimum Gasteiger partial charge on any atom is -0.131 e. The first-order valence-corrected chi connectivity index (χ1v) is 3.86. The van der Waals surface area contributed by atoms with E-state index in [1.54, 1.807) is 0 Å². The van der Waals surface area contributed by atoms with E-state index in [4.69, 9.17) is 11.6 Å². The van der Waals surface area contributed by atoms with Crippen LogP contribution in [0.3, 0.4) is 0 Å². The largest absolute Gasteiger partial charge is 0.131 e. The average Bonchev–Trinajstić information content (AvgIpc) is 2.14. The summed E-state index contributed by atoms with van der Waals surface area (Å²) in [6.07, 6.45) is 0. The van der Waals surface area contributed by atoms with Crippen LogP contribution in [0.1, 0.15) is 12.5 Å². The standard InChI is InChI=1S/C7H7ClS/c1-5(2)6-3-7(8)9-4-6/h3-4H,1H2,2H3. The maximum absolute atomic E-state index is 5.68. The summed E-state index contributed by atoms with van der Waals surface area (Å²) in [5.74, 6) is 0. The fraction of sp³-hybridized carbons (Fsp3) is 0.143. The van der Waals surface area contributed by atoms with Crippen molar-refractivity contribution in [1.29, 1.82) is 0 Å². The molecule has 0 N–H and O–H groups in total. The molecule has 0 atom stereocenters. The summed E-state index contributed by atoms with van der Waals surface area (Å²) < 4.78 is 0.827. The molecule has 0 saturated heterocycles. The molecule has 0 aromatic carbocycles. The van der Waals surface area contributed by atoms with Crippen molar-refractivity contribution in [2.24, 2.45) is 0 Å². The Labute approximate surface area is 63.8 Å². The average molecular weight is 159 g/mol. The summed E-state index contributed by atoms with van der Waals surface area (Å²) >= 11 is 7.22. The summed E-state index contributed by atoms with van der Waals surface area (Å²) in [6.45, 7) is 5.76. The lowest BCUT2D eigenvalue weighted by molar-refractivity contribution is 1.69. The van der Waals surface area contributed by atoms with Crippen molar-refractivity contribution in [3.8, 4) is 0 Å². The molecule has 0 fully saturated rings. The Kier molecular flexibility index (Phi) is 1.94. The summed E-state index contributed by atoms with van der Waals surface area (Å²) in [4.78, 5) is 0. The highest BCUT2D eigenvalue weighted by Gasteiger charge is 1.95. The number of halogens is 1. The highest BCUT2D eigenvalue weighted by atomic mass is 35.5. The van der Waals surface area contributed by atoms with Crippen molar-refractivity contribution in [3.05, 3.63) is 27.9 Å². The molecule has 1 heterocycles. The van der Waals surface area contributed by atoms with Gasteiger partial charge in [-0.1, -0.05) is 23.8 Å². The topological polar surface area (TPSA) is 0 Å². The first-order valence-electron chi connectivity index (χ1n) is 2.60. The molecule has 9 heavy (non-hydrogen) atoms. The van der Waals surface area contributed by atoms with Crippen molar-refractivity contribution in [2.75, 3.05) is 0 Å². The number of hydrogen-bond acceptors (Lipinski definition) is 1. The molecular weight excluding hydrogens is 152 g/mol. The number of hydrogen-bond donors (Lipinski definition) is 0. The third-order valence-corrected chi connectivity index (χ3v) is 2.15. The second kappa shape index (κ2) is 2.54. The van der Waals surface area contributed by atoms with Gasteiger partial charge in [-0.2, -0.15) is 0 Å². The minimum atomic E-state index is 0.827. The van der Waals surface area contributed by atoms with Crippen LogP contribution in [-0.4, -0.2) is 0 Å². The molecule has 1 rings (SSSR count). The molecule has 0 aliphatic rings. The Morgan fingerprint density at radius 2 is 2.44 bits per heavy atom. The van der Waals surface area contributed by atoms with Gasteiger partial charge < -0.3 is 0 Å². The summed E-state index contributed by atoms with van der Waals surface area (Å²) in [5, 5.41) is 2.00. The summed E-state index contributed by atoms with van der Waals surface area (Å²) in [6, 6.07) is 1.93. The molecule has 1 aromatic rings. The SMILES string of the molecule is C=C(C)c1csc(Cl)c1. The molecule has 0 saturated carbocycles. The molecule has 0 aliphatic carbocycles. The van der Waals surface area contributed by atoms with Crippen molar-refractivity contribution < 1.29 is 0 Å². The third kappa shape index (κ3) is 1.57. The fourth-order valence-electron chi connectivity index (χ4n) is 0.534. The predicted molar refractivity (Wildman–Crippen MR) is 44.0 cm³/mol. The van der Waals surface area contributed by atoms with Gasteiger partial charge in [-0.25, -0.2) is 0 Å². The van der Waals surface area contributed by atoms with E-state index in [2.05, 4.69) is 6.58 Å². The molecule has 0 amide bonds. The minimum absolute atomic E-state index is 0.827. The zero-order valence-electron chi connectivity index (χ0n) is 5.15. The van der Waals surface area contributed by atoms with Crippen LogP contribution < -0.4 is 0 Å². The third-order valence-electron chi connectivity index (χ3n) is 1.06. The van der Waals surface area contributed by atoms with E-state index in [9.17, 15) is 0 Å². The van der Waals surface area contributed by atoms with E-state index in [1.807, 2.05) is 18.4 Å². The van der Waals surface area contributed by atoms with Crippen LogP contribution in [0.4, 0.5) is 0 Å². The van der Waals surface area contributed by atoms with Gasteiger partial charge in [-0.05, 0) is 23.9 Å². The Morgan fingerprint density at radius 3 is 2.67 bits per heavy atom. The maximum Gasteiger partial charge on any atom is 0.0934 e. The van der Waals surface area contributed by atoms with Crippen molar-refractivity contribution in [2.45, 2.75) is 6.92 Å². The molecule has 48 valence electrons. The highest BCUT2D eigenvalue weighted by molar-refractivity contribution is 7.14. The fourth-order valence-corrected chi connectivity index (χ4v) is 1.49. The predicted octanol–water partition coefficient (Wildman–Crippen LogP) is 3.43. The summed E-state index contributed by atoms with van der Waals surface area (Å²) in [7, 11) is 0. The molecule has 0 bridgehead atoms.